The van der Waals surface area contributed by atoms with Crippen molar-refractivity contribution in [3.63, 3.8) is 0 Å². The van der Waals surface area contributed by atoms with Crippen LogP contribution in [0.3, 0.4) is 0 Å². The molecule has 0 bridgehead atoms. The van der Waals surface area contributed by atoms with Crippen LogP contribution >= 0.6 is 27.5 Å². The monoisotopic (exact) mass is 268 g/mol. The molecule has 0 N–H and O–H groups in total. The molecule has 0 aliphatic carbocycles. The predicted octanol–water partition coefficient (Wildman–Crippen LogP) is 4.73. The molecular formula is C9H8BrClF2. The van der Waals surface area contributed by atoms with Crippen LogP contribution in [0.15, 0.2) is 18.2 Å². The molecule has 1 aromatic rings. The molecule has 13 heavy (non-hydrogen) atoms. The molecule has 0 heterocycles. The van der Waals surface area contributed by atoms with E-state index in [9.17, 15) is 8.78 Å². The lowest BCUT2D eigenvalue weighted by atomic mass is 10.1. The van der Waals surface area contributed by atoms with Crippen LogP contribution in [0.2, 0.25) is 5.02 Å². The molecule has 0 spiro atoms. The Morgan fingerprint density at radius 1 is 1.38 bits per heavy atom. The number of hydrogen-bond donors (Lipinski definition) is 0. The number of hydrogen-bond acceptors (Lipinski definition) is 0. The summed E-state index contributed by atoms with van der Waals surface area (Å²) in [6.45, 7) is 1.77. The molecule has 4 heteroatoms. The van der Waals surface area contributed by atoms with Crippen molar-refractivity contribution < 1.29 is 8.78 Å². The van der Waals surface area contributed by atoms with E-state index in [1.807, 2.05) is 0 Å². The third-order valence-electron chi connectivity index (χ3n) is 1.72. The van der Waals surface area contributed by atoms with Gasteiger partial charge in [0.2, 0.25) is 0 Å². The van der Waals surface area contributed by atoms with Crippen molar-refractivity contribution in [1.82, 2.24) is 0 Å². The molecule has 0 saturated heterocycles. The van der Waals surface area contributed by atoms with Crippen LogP contribution in [0.1, 0.15) is 29.3 Å². The van der Waals surface area contributed by atoms with Crippen LogP contribution in [-0.2, 0) is 0 Å². The van der Waals surface area contributed by atoms with Crippen molar-refractivity contribution in [3.8, 4) is 0 Å². The van der Waals surface area contributed by atoms with Gasteiger partial charge in [-0.25, -0.2) is 8.78 Å². The minimum absolute atomic E-state index is 0.00289. The van der Waals surface area contributed by atoms with Crippen molar-refractivity contribution in [1.29, 1.82) is 0 Å². The van der Waals surface area contributed by atoms with Gasteiger partial charge in [-0.05, 0) is 18.6 Å². The van der Waals surface area contributed by atoms with Crippen LogP contribution in [0, 0.1) is 0 Å². The van der Waals surface area contributed by atoms with Crippen LogP contribution in [0.4, 0.5) is 8.78 Å². The Labute approximate surface area is 89.0 Å². The summed E-state index contributed by atoms with van der Waals surface area (Å²) < 4.78 is 25.0. The maximum atomic E-state index is 12.5. The van der Waals surface area contributed by atoms with Gasteiger partial charge in [-0.3, -0.25) is 0 Å². The molecule has 1 atom stereocenters. The first-order valence-electron chi connectivity index (χ1n) is 3.74. The topological polar surface area (TPSA) is 0 Å². The van der Waals surface area contributed by atoms with E-state index in [2.05, 4.69) is 15.9 Å². The number of alkyl halides is 3. The third kappa shape index (κ3) is 2.41. The van der Waals surface area contributed by atoms with Crippen molar-refractivity contribution in [2.75, 3.05) is 0 Å². The van der Waals surface area contributed by atoms with Crippen molar-refractivity contribution >= 4 is 27.5 Å². The quantitative estimate of drug-likeness (QED) is 0.681. The number of halogens is 4. The van der Waals surface area contributed by atoms with E-state index in [1.165, 1.54) is 12.1 Å². The van der Waals surface area contributed by atoms with Crippen molar-refractivity contribution in [3.05, 3.63) is 34.3 Å². The molecule has 0 saturated carbocycles. The summed E-state index contributed by atoms with van der Waals surface area (Å²) in [5.41, 5.74) is 0.469. The first-order chi connectivity index (χ1) is 6.04. The van der Waals surface area contributed by atoms with E-state index in [0.717, 1.165) is 0 Å². The van der Waals surface area contributed by atoms with Crippen molar-refractivity contribution in [2.45, 2.75) is 18.2 Å². The van der Waals surface area contributed by atoms with E-state index in [0.29, 0.717) is 10.6 Å². The summed E-state index contributed by atoms with van der Waals surface area (Å²) in [6, 6.07) is 4.53. The van der Waals surface area contributed by atoms with E-state index < -0.39 is 6.43 Å². The van der Waals surface area contributed by atoms with Gasteiger partial charge in [0.25, 0.3) is 6.43 Å². The second-order valence-corrected chi connectivity index (χ2v) is 4.44. The lowest BCUT2D eigenvalue weighted by molar-refractivity contribution is 0.150. The minimum atomic E-state index is -2.48. The zero-order valence-electron chi connectivity index (χ0n) is 6.90. The highest BCUT2D eigenvalue weighted by atomic mass is 79.9. The highest BCUT2D eigenvalue weighted by Crippen LogP contribution is 2.36. The highest BCUT2D eigenvalue weighted by Gasteiger charge is 2.17. The van der Waals surface area contributed by atoms with Gasteiger partial charge in [-0.15, -0.1) is 0 Å². The Kier molecular flexibility index (Phi) is 3.68. The van der Waals surface area contributed by atoms with Crippen LogP contribution in [0.25, 0.3) is 0 Å². The summed E-state index contributed by atoms with van der Waals surface area (Å²) in [4.78, 5) is -0.162. The average molecular weight is 270 g/mol. The Morgan fingerprint density at radius 3 is 2.38 bits per heavy atom. The zero-order chi connectivity index (χ0) is 10.0. The van der Waals surface area contributed by atoms with Gasteiger partial charge in [-0.1, -0.05) is 39.7 Å². The molecule has 0 nitrogen and oxygen atoms in total. The van der Waals surface area contributed by atoms with Gasteiger partial charge in [0.05, 0.1) is 0 Å². The first kappa shape index (κ1) is 10.9. The third-order valence-corrected chi connectivity index (χ3v) is 2.51. The van der Waals surface area contributed by atoms with Gasteiger partial charge in [0.1, 0.15) is 0 Å². The first-order valence-corrected chi connectivity index (χ1v) is 5.04. The molecule has 1 rings (SSSR count). The highest BCUT2D eigenvalue weighted by molar-refractivity contribution is 9.09. The standard InChI is InChI=1S/C9H8BrClF2/c1-5(10)8-6(9(12)13)3-2-4-7(8)11/h2-5,9H,1H3. The molecule has 0 aromatic heterocycles. The number of benzene rings is 1. The maximum Gasteiger partial charge on any atom is 0.264 e. The molecule has 0 fully saturated rings. The van der Waals surface area contributed by atoms with Gasteiger partial charge >= 0.3 is 0 Å². The normalized spacial score (nSPS) is 13.4. The molecule has 0 aliphatic heterocycles. The van der Waals surface area contributed by atoms with E-state index >= 15 is 0 Å². The molecule has 1 unspecified atom stereocenters. The molecule has 72 valence electrons. The zero-order valence-corrected chi connectivity index (χ0v) is 9.24. The van der Waals surface area contributed by atoms with Crippen LogP contribution in [0.5, 0.6) is 0 Å². The molecule has 0 amide bonds. The SMILES string of the molecule is CC(Br)c1c(Cl)cccc1C(F)F. The molecule has 0 aliphatic rings. The fraction of sp³-hybridized carbons (Fsp3) is 0.333. The average Bonchev–Trinajstić information content (AvgIpc) is 2.02. The molecule has 0 radical (unpaired) electrons. The smallest absolute Gasteiger partial charge is 0.205 e. The second kappa shape index (κ2) is 4.38. The summed E-state index contributed by atoms with van der Waals surface area (Å²) in [7, 11) is 0. The fourth-order valence-electron chi connectivity index (χ4n) is 1.16. The summed E-state index contributed by atoms with van der Waals surface area (Å²) in [5, 5.41) is 0.377. The lowest BCUT2D eigenvalue weighted by Crippen LogP contribution is -1.95. The lowest BCUT2D eigenvalue weighted by Gasteiger charge is -2.12. The fourth-order valence-corrected chi connectivity index (χ4v) is 2.15. The summed E-state index contributed by atoms with van der Waals surface area (Å²) in [5.74, 6) is 0. The Bertz CT molecular complexity index is 300. The van der Waals surface area contributed by atoms with Gasteiger partial charge in [0.15, 0.2) is 0 Å². The van der Waals surface area contributed by atoms with Gasteiger partial charge in [0, 0.05) is 15.4 Å². The van der Waals surface area contributed by atoms with Crippen LogP contribution in [-0.4, -0.2) is 0 Å². The van der Waals surface area contributed by atoms with E-state index in [4.69, 9.17) is 11.6 Å². The largest absolute Gasteiger partial charge is 0.264 e. The Morgan fingerprint density at radius 2 is 2.00 bits per heavy atom. The van der Waals surface area contributed by atoms with E-state index in [-0.39, 0.29) is 10.4 Å². The molecule has 1 aromatic carbocycles. The molecular weight excluding hydrogens is 261 g/mol. The summed E-state index contributed by atoms with van der Waals surface area (Å²) in [6.07, 6.45) is -2.48. The maximum absolute atomic E-state index is 12.5. The summed E-state index contributed by atoms with van der Waals surface area (Å²) >= 11 is 9.04. The van der Waals surface area contributed by atoms with Gasteiger partial charge < -0.3 is 0 Å². The Balaban J connectivity index is 3.26. The van der Waals surface area contributed by atoms with Crippen molar-refractivity contribution in [2.24, 2.45) is 0 Å². The second-order valence-electron chi connectivity index (χ2n) is 2.66. The van der Waals surface area contributed by atoms with E-state index in [1.54, 1.807) is 13.0 Å². The Hall–Kier alpha value is -0.150. The minimum Gasteiger partial charge on any atom is -0.205 e. The number of rotatable bonds is 2. The van der Waals surface area contributed by atoms with Gasteiger partial charge in [-0.2, -0.15) is 0 Å². The van der Waals surface area contributed by atoms with Crippen LogP contribution < -0.4 is 0 Å². The predicted molar refractivity (Wildman–Crippen MR) is 53.8 cm³/mol.